The second kappa shape index (κ2) is 9.97. The molecule has 7 heteroatoms. The quantitative estimate of drug-likeness (QED) is 0.487. The molecule has 0 spiro atoms. The Morgan fingerprint density at radius 3 is 2.38 bits per heavy atom. The number of hydrogen-bond donors (Lipinski definition) is 2. The van der Waals surface area contributed by atoms with E-state index in [0.29, 0.717) is 29.1 Å². The number of nitrogens with one attached hydrogen (secondary N) is 2. The monoisotopic (exact) mass is 452 g/mol. The molecule has 3 aromatic rings. The summed E-state index contributed by atoms with van der Waals surface area (Å²) in [7, 11) is -3.84. The van der Waals surface area contributed by atoms with Gasteiger partial charge in [0, 0.05) is 16.9 Å². The number of sulfonamides is 1. The van der Waals surface area contributed by atoms with Gasteiger partial charge in [0.15, 0.2) is 0 Å². The summed E-state index contributed by atoms with van der Waals surface area (Å²) >= 11 is 0. The molecule has 0 unspecified atom stereocenters. The molecule has 168 valence electrons. The van der Waals surface area contributed by atoms with E-state index < -0.39 is 10.0 Å². The maximum atomic E-state index is 12.9. The first-order chi connectivity index (χ1) is 15.1. The van der Waals surface area contributed by atoms with Crippen molar-refractivity contribution in [3.63, 3.8) is 0 Å². The van der Waals surface area contributed by atoms with Crippen molar-refractivity contribution in [2.75, 3.05) is 10.0 Å². The fraction of sp³-hybridized carbons (Fsp3) is 0.240. The summed E-state index contributed by atoms with van der Waals surface area (Å²) in [4.78, 5) is 13.0. The molecule has 0 aliphatic heterocycles. The fourth-order valence-corrected chi connectivity index (χ4v) is 4.21. The summed E-state index contributed by atoms with van der Waals surface area (Å²) in [6.45, 7) is 8.02. The molecule has 0 aliphatic rings. The largest absolute Gasteiger partial charge is 0.374 e. The van der Waals surface area contributed by atoms with E-state index in [1.807, 2.05) is 45.0 Å². The summed E-state index contributed by atoms with van der Waals surface area (Å²) in [5.41, 5.74) is 3.93. The molecule has 0 aliphatic carbocycles. The predicted octanol–water partition coefficient (Wildman–Crippen LogP) is 5.28. The standard InChI is InChI=1S/C25H28N2O4S/c1-17(2)31-16-20-8-6-9-21(14-20)26-25(28)24-15-23(12-11-19(24)4)32(29,30)27-22-10-5-7-18(3)13-22/h5-15,17,27H,16H2,1-4H3,(H,26,28). The number of anilines is 2. The molecule has 2 N–H and O–H groups in total. The number of hydrogen-bond acceptors (Lipinski definition) is 4. The van der Waals surface area contributed by atoms with E-state index in [-0.39, 0.29) is 16.9 Å². The molecular weight excluding hydrogens is 424 g/mol. The molecular formula is C25H28N2O4S. The van der Waals surface area contributed by atoms with Gasteiger partial charge in [0.05, 0.1) is 17.6 Å². The van der Waals surface area contributed by atoms with Crippen LogP contribution in [-0.2, 0) is 21.4 Å². The molecule has 0 heterocycles. The van der Waals surface area contributed by atoms with Gasteiger partial charge in [0.2, 0.25) is 0 Å². The van der Waals surface area contributed by atoms with E-state index >= 15 is 0 Å². The van der Waals surface area contributed by atoms with E-state index in [1.54, 1.807) is 37.3 Å². The highest BCUT2D eigenvalue weighted by molar-refractivity contribution is 7.92. The lowest BCUT2D eigenvalue weighted by molar-refractivity contribution is 0.0657. The summed E-state index contributed by atoms with van der Waals surface area (Å²) in [5.74, 6) is -0.378. The normalized spacial score (nSPS) is 11.4. The van der Waals surface area contributed by atoms with Gasteiger partial charge in [-0.3, -0.25) is 9.52 Å². The summed E-state index contributed by atoms with van der Waals surface area (Å²) in [6.07, 6.45) is 0.106. The van der Waals surface area contributed by atoms with Gasteiger partial charge in [-0.05, 0) is 80.8 Å². The smallest absolute Gasteiger partial charge is 0.261 e. The van der Waals surface area contributed by atoms with Gasteiger partial charge in [-0.2, -0.15) is 0 Å². The van der Waals surface area contributed by atoms with Gasteiger partial charge >= 0.3 is 0 Å². The number of amides is 1. The van der Waals surface area contributed by atoms with Crippen LogP contribution in [0.15, 0.2) is 71.6 Å². The molecule has 0 saturated heterocycles. The van der Waals surface area contributed by atoms with E-state index in [4.69, 9.17) is 4.74 Å². The summed E-state index contributed by atoms with van der Waals surface area (Å²) in [6, 6.07) is 19.0. The van der Waals surface area contributed by atoms with Gasteiger partial charge in [-0.25, -0.2) is 8.42 Å². The molecule has 1 amide bonds. The average Bonchev–Trinajstić information content (AvgIpc) is 2.72. The highest BCUT2D eigenvalue weighted by atomic mass is 32.2. The molecule has 3 aromatic carbocycles. The van der Waals surface area contributed by atoms with Gasteiger partial charge in [-0.1, -0.05) is 30.3 Å². The van der Waals surface area contributed by atoms with Crippen LogP contribution in [0.25, 0.3) is 0 Å². The van der Waals surface area contributed by atoms with Crippen LogP contribution >= 0.6 is 0 Å². The van der Waals surface area contributed by atoms with Crippen molar-refractivity contribution in [1.82, 2.24) is 0 Å². The lowest BCUT2D eigenvalue weighted by atomic mass is 10.1. The van der Waals surface area contributed by atoms with E-state index in [0.717, 1.165) is 11.1 Å². The topological polar surface area (TPSA) is 84.5 Å². The van der Waals surface area contributed by atoms with Crippen molar-refractivity contribution in [2.24, 2.45) is 0 Å². The average molecular weight is 453 g/mol. The molecule has 0 atom stereocenters. The lowest BCUT2D eigenvalue weighted by Crippen LogP contribution is -2.17. The van der Waals surface area contributed by atoms with Crippen molar-refractivity contribution in [3.8, 4) is 0 Å². The second-order valence-electron chi connectivity index (χ2n) is 7.97. The Bertz CT molecular complexity index is 1220. The Morgan fingerprint density at radius 1 is 0.938 bits per heavy atom. The molecule has 0 bridgehead atoms. The highest BCUT2D eigenvalue weighted by Crippen LogP contribution is 2.21. The minimum absolute atomic E-state index is 0.0221. The third kappa shape index (κ3) is 6.18. The Balaban J connectivity index is 1.81. The van der Waals surface area contributed by atoms with Crippen molar-refractivity contribution in [3.05, 3.63) is 89.0 Å². The molecule has 3 rings (SSSR count). The van der Waals surface area contributed by atoms with Gasteiger partial charge < -0.3 is 10.1 Å². The molecule has 0 radical (unpaired) electrons. The number of aryl methyl sites for hydroxylation is 2. The van der Waals surface area contributed by atoms with Gasteiger partial charge in [0.1, 0.15) is 0 Å². The van der Waals surface area contributed by atoms with Crippen LogP contribution in [0.1, 0.15) is 40.9 Å². The van der Waals surface area contributed by atoms with Crippen LogP contribution in [0, 0.1) is 13.8 Å². The van der Waals surface area contributed by atoms with Crippen LogP contribution in [0.2, 0.25) is 0 Å². The number of rotatable bonds is 8. The first kappa shape index (κ1) is 23.5. The zero-order valence-electron chi connectivity index (χ0n) is 18.7. The predicted molar refractivity (Wildman–Crippen MR) is 127 cm³/mol. The highest BCUT2D eigenvalue weighted by Gasteiger charge is 2.18. The zero-order valence-corrected chi connectivity index (χ0v) is 19.5. The van der Waals surface area contributed by atoms with E-state index in [1.165, 1.54) is 12.1 Å². The fourth-order valence-electron chi connectivity index (χ4n) is 3.14. The van der Waals surface area contributed by atoms with Crippen molar-refractivity contribution < 1.29 is 17.9 Å². The van der Waals surface area contributed by atoms with Crippen molar-refractivity contribution >= 4 is 27.3 Å². The Hall–Kier alpha value is -3.16. The minimum atomic E-state index is -3.84. The molecule has 0 fully saturated rings. The van der Waals surface area contributed by atoms with Crippen LogP contribution in [0.4, 0.5) is 11.4 Å². The first-order valence-electron chi connectivity index (χ1n) is 10.4. The second-order valence-corrected chi connectivity index (χ2v) is 9.65. The van der Waals surface area contributed by atoms with Crippen molar-refractivity contribution in [1.29, 1.82) is 0 Å². The van der Waals surface area contributed by atoms with Crippen LogP contribution in [0.5, 0.6) is 0 Å². The first-order valence-corrected chi connectivity index (χ1v) is 11.8. The Labute approximate surface area is 189 Å². The summed E-state index contributed by atoms with van der Waals surface area (Å²) in [5, 5.41) is 2.85. The van der Waals surface area contributed by atoms with Crippen LogP contribution in [-0.4, -0.2) is 20.4 Å². The number of carbonyl (C=O) groups is 1. The van der Waals surface area contributed by atoms with E-state index in [9.17, 15) is 13.2 Å². The lowest BCUT2D eigenvalue weighted by Gasteiger charge is -2.13. The Morgan fingerprint density at radius 2 is 1.66 bits per heavy atom. The SMILES string of the molecule is Cc1cccc(NS(=O)(=O)c2ccc(C)c(C(=O)Nc3cccc(COC(C)C)c3)c2)c1. The zero-order chi connectivity index (χ0) is 23.3. The summed E-state index contributed by atoms with van der Waals surface area (Å²) < 4.78 is 33.9. The van der Waals surface area contributed by atoms with Crippen LogP contribution in [0.3, 0.4) is 0 Å². The number of benzene rings is 3. The molecule has 6 nitrogen and oxygen atoms in total. The third-order valence-corrected chi connectivity index (χ3v) is 6.18. The van der Waals surface area contributed by atoms with Crippen molar-refractivity contribution in [2.45, 2.75) is 45.3 Å². The maximum Gasteiger partial charge on any atom is 0.261 e. The maximum absolute atomic E-state index is 12.9. The van der Waals surface area contributed by atoms with Crippen LogP contribution < -0.4 is 10.0 Å². The molecule has 32 heavy (non-hydrogen) atoms. The molecule has 0 saturated carbocycles. The van der Waals surface area contributed by atoms with Gasteiger partial charge in [-0.15, -0.1) is 0 Å². The van der Waals surface area contributed by atoms with Gasteiger partial charge in [0.25, 0.3) is 15.9 Å². The minimum Gasteiger partial charge on any atom is -0.374 e. The number of carbonyl (C=O) groups excluding carboxylic acids is 1. The van der Waals surface area contributed by atoms with E-state index in [2.05, 4.69) is 10.0 Å². The third-order valence-electron chi connectivity index (χ3n) is 4.80. The Kier molecular flexibility index (Phi) is 7.33. The molecule has 0 aromatic heterocycles. The number of ether oxygens (including phenoxy) is 1.